The van der Waals surface area contributed by atoms with Crippen LogP contribution in [0.4, 0.5) is 0 Å². The quantitative estimate of drug-likeness (QED) is 0.418. The molecule has 0 aliphatic carbocycles. The van der Waals surface area contributed by atoms with Gasteiger partial charge in [0.1, 0.15) is 6.61 Å². The summed E-state index contributed by atoms with van der Waals surface area (Å²) in [6.45, 7) is 2.03. The Bertz CT molecular complexity index is 68.8. The number of carboxylic acids is 1. The summed E-state index contributed by atoms with van der Waals surface area (Å²) in [5.74, 6) is -0.915. The van der Waals surface area contributed by atoms with Gasteiger partial charge in [0.15, 0.2) is 0 Å². The zero-order valence-electron chi connectivity index (χ0n) is 6.18. The van der Waals surface area contributed by atoms with Gasteiger partial charge in [-0.3, -0.25) is 0 Å². The Morgan fingerprint density at radius 2 is 2.38 bits per heavy atom. The maximum Gasteiger partial charge on any atom is 1.00 e. The van der Waals surface area contributed by atoms with Crippen molar-refractivity contribution in [3.8, 4) is 0 Å². The zero-order chi connectivity index (χ0) is 5.70. The summed E-state index contributed by atoms with van der Waals surface area (Å²) in [6, 6.07) is 0. The molecule has 0 radical (unpaired) electrons. The van der Waals surface area contributed by atoms with Crippen molar-refractivity contribution in [3.05, 3.63) is 0 Å². The van der Waals surface area contributed by atoms with Crippen LogP contribution in [0.15, 0.2) is 0 Å². The molecule has 4 heteroatoms. The number of carboxylic acid groups (broad SMARTS) is 1. The third-order valence-electron chi connectivity index (χ3n) is 0.430. The first-order chi connectivity index (χ1) is 3.27. The maximum atomic E-state index is 9.63. The van der Waals surface area contributed by atoms with Crippen molar-refractivity contribution in [3.63, 3.8) is 0 Å². The molecule has 0 spiro atoms. The first-order valence-corrected chi connectivity index (χ1v) is 2.07. The molecule has 0 atom stereocenters. The van der Waals surface area contributed by atoms with E-state index < -0.39 is 5.97 Å². The van der Waals surface area contributed by atoms with Crippen LogP contribution >= 0.6 is 0 Å². The fourth-order valence-electron chi connectivity index (χ4n) is 0.189. The molecule has 8 heavy (non-hydrogen) atoms. The molecule has 0 aliphatic rings. The van der Waals surface area contributed by atoms with Gasteiger partial charge in [0.05, 0.1) is 0 Å². The largest absolute Gasteiger partial charge is 1.00 e. The summed E-state index contributed by atoms with van der Waals surface area (Å²) >= 11 is 0. The van der Waals surface area contributed by atoms with Crippen LogP contribution in [0.25, 0.3) is 0 Å². The molecule has 0 fully saturated rings. The van der Waals surface area contributed by atoms with Gasteiger partial charge >= 0.3 is 35.5 Å². The molecule has 0 bridgehead atoms. The molecule has 0 aromatic rings. The summed E-state index contributed by atoms with van der Waals surface area (Å²) in [4.78, 5) is 9.63. The number of rotatable bonds is 3. The minimum atomic E-state index is -0.915. The first kappa shape index (κ1) is 11.3. The smallest absolute Gasteiger partial charge is 1.00 e. The van der Waals surface area contributed by atoms with Crippen LogP contribution in [0.1, 0.15) is 8.35 Å². The number of hydrogen-bond donors (Lipinski definition) is 1. The van der Waals surface area contributed by atoms with Crippen LogP contribution in [0.5, 0.6) is 0 Å². The normalized spacial score (nSPS) is 7.62. The van der Waals surface area contributed by atoms with Crippen LogP contribution in [-0.4, -0.2) is 24.3 Å². The number of ether oxygens (including phenoxy) is 1. The molecule has 0 unspecified atom stereocenters. The molecule has 0 heterocycles. The molecule has 0 saturated carbocycles. The fourth-order valence-corrected chi connectivity index (χ4v) is 0.189. The molecule has 0 aromatic heterocycles. The van der Waals surface area contributed by atoms with Gasteiger partial charge in [-0.25, -0.2) is 4.79 Å². The Labute approximate surface area is 71.8 Å². The fraction of sp³-hybridized carbons (Fsp3) is 0.750. The Hall–Kier alpha value is 0.430. The van der Waals surface area contributed by atoms with Gasteiger partial charge in [0, 0.05) is 6.61 Å². The average molecular weight is 128 g/mol. The summed E-state index contributed by atoms with van der Waals surface area (Å²) in [5, 5.41) is 7.92. The van der Waals surface area contributed by atoms with Crippen LogP contribution in [0, 0.1) is 0 Å². The van der Waals surface area contributed by atoms with E-state index in [1.54, 1.807) is 6.92 Å². The van der Waals surface area contributed by atoms with Crippen molar-refractivity contribution in [2.75, 3.05) is 13.2 Å². The van der Waals surface area contributed by atoms with Gasteiger partial charge in [0.2, 0.25) is 0 Å². The molecule has 1 N–H and O–H groups in total. The molecule has 0 aromatic carbocycles. The van der Waals surface area contributed by atoms with E-state index in [1.807, 2.05) is 0 Å². The van der Waals surface area contributed by atoms with E-state index in [2.05, 4.69) is 4.74 Å². The predicted octanol–water partition coefficient (Wildman–Crippen LogP) is -2.78. The Kier molecular flexibility index (Phi) is 10.5. The summed E-state index contributed by atoms with van der Waals surface area (Å²) in [7, 11) is 0. The van der Waals surface area contributed by atoms with Crippen LogP contribution in [-0.2, 0) is 9.53 Å². The minimum absolute atomic E-state index is 0. The second-order valence-corrected chi connectivity index (χ2v) is 1.03. The van der Waals surface area contributed by atoms with E-state index in [1.165, 1.54) is 0 Å². The number of aliphatic carboxylic acids is 1. The van der Waals surface area contributed by atoms with Gasteiger partial charge in [0.25, 0.3) is 0 Å². The van der Waals surface area contributed by atoms with Gasteiger partial charge < -0.3 is 11.3 Å². The average Bonchev–Trinajstić information content (AvgIpc) is 1.61. The van der Waals surface area contributed by atoms with Gasteiger partial charge in [-0.1, -0.05) is 0 Å². The topological polar surface area (TPSA) is 46.5 Å². The third kappa shape index (κ3) is 9.66. The molecule has 0 aliphatic heterocycles. The molecule has 0 saturated heterocycles. The Morgan fingerprint density at radius 3 is 2.50 bits per heavy atom. The van der Waals surface area contributed by atoms with Crippen molar-refractivity contribution < 1.29 is 45.6 Å². The van der Waals surface area contributed by atoms with E-state index >= 15 is 0 Å². The number of carbonyl (C=O) groups is 1. The summed E-state index contributed by atoms with van der Waals surface area (Å²) < 4.78 is 4.50. The maximum absolute atomic E-state index is 9.63. The van der Waals surface area contributed by atoms with E-state index in [0.29, 0.717) is 6.61 Å². The molecule has 0 rings (SSSR count). The summed E-state index contributed by atoms with van der Waals surface area (Å²) in [5.41, 5.74) is 0. The number of hydrogen-bond acceptors (Lipinski definition) is 2. The molecule has 3 nitrogen and oxygen atoms in total. The molecule has 0 amide bonds. The van der Waals surface area contributed by atoms with Crippen molar-refractivity contribution in [1.82, 2.24) is 0 Å². The van der Waals surface area contributed by atoms with Crippen LogP contribution < -0.4 is 29.6 Å². The zero-order valence-corrected chi connectivity index (χ0v) is 7.18. The first-order valence-electron chi connectivity index (χ1n) is 2.07. The van der Waals surface area contributed by atoms with Crippen molar-refractivity contribution >= 4 is 5.97 Å². The Balaban J connectivity index is -0.000000180. The predicted molar refractivity (Wildman–Crippen MR) is 25.2 cm³/mol. The SMILES string of the molecule is CCOCC(=O)O.[H-].[Na+]. The second kappa shape index (κ2) is 7.43. The van der Waals surface area contributed by atoms with Crippen LogP contribution in [0.2, 0.25) is 0 Å². The van der Waals surface area contributed by atoms with Crippen molar-refractivity contribution in [2.45, 2.75) is 6.92 Å². The standard InChI is InChI=1S/C4H8O3.Na.H/c1-2-7-3-4(5)6;;/h2-3H2,1H3,(H,5,6);;/q;+1;-1. The van der Waals surface area contributed by atoms with Gasteiger partial charge in [-0.05, 0) is 6.92 Å². The third-order valence-corrected chi connectivity index (χ3v) is 0.430. The van der Waals surface area contributed by atoms with Crippen LogP contribution in [0.3, 0.4) is 0 Å². The van der Waals surface area contributed by atoms with Crippen molar-refractivity contribution in [2.24, 2.45) is 0 Å². The van der Waals surface area contributed by atoms with E-state index in [9.17, 15) is 4.79 Å². The minimum Gasteiger partial charge on any atom is -1.00 e. The molecular formula is C4H9NaO3. The van der Waals surface area contributed by atoms with Crippen molar-refractivity contribution in [1.29, 1.82) is 0 Å². The molecule has 44 valence electrons. The van der Waals surface area contributed by atoms with E-state index in [-0.39, 0.29) is 37.6 Å². The second-order valence-electron chi connectivity index (χ2n) is 1.03. The summed E-state index contributed by atoms with van der Waals surface area (Å²) in [6.07, 6.45) is 0. The van der Waals surface area contributed by atoms with E-state index in [0.717, 1.165) is 0 Å². The van der Waals surface area contributed by atoms with Gasteiger partial charge in [-0.2, -0.15) is 0 Å². The monoisotopic (exact) mass is 128 g/mol. The Morgan fingerprint density at radius 1 is 1.88 bits per heavy atom. The molecular weight excluding hydrogens is 119 g/mol. The van der Waals surface area contributed by atoms with E-state index in [4.69, 9.17) is 5.11 Å². The van der Waals surface area contributed by atoms with Gasteiger partial charge in [-0.15, -0.1) is 0 Å².